The average molecular weight is 231 g/mol. The van der Waals surface area contributed by atoms with Crippen molar-refractivity contribution < 1.29 is 23.0 Å². The Kier molecular flexibility index (Phi) is 3.65. The summed E-state index contributed by atoms with van der Waals surface area (Å²) in [5, 5.41) is 0. The molecular formula is C10H11F2NO3. The zero-order valence-corrected chi connectivity index (χ0v) is 8.79. The Labute approximate surface area is 91.0 Å². The van der Waals surface area contributed by atoms with E-state index in [1.807, 2.05) is 0 Å². The first-order valence-corrected chi connectivity index (χ1v) is 4.39. The third-order valence-corrected chi connectivity index (χ3v) is 1.99. The number of carbonyl (C=O) groups excluding carboxylic acids is 1. The number of carbonyl (C=O) groups is 1. The predicted molar refractivity (Wildman–Crippen MR) is 53.6 cm³/mol. The fourth-order valence-electron chi connectivity index (χ4n) is 1.20. The molecule has 0 fully saturated rings. The number of esters is 1. The number of hydrogen-bond acceptors (Lipinski definition) is 4. The summed E-state index contributed by atoms with van der Waals surface area (Å²) in [4.78, 5) is 11.2. The number of hydrogen-bond donors (Lipinski definition) is 1. The van der Waals surface area contributed by atoms with Gasteiger partial charge in [0.2, 0.25) is 0 Å². The molecule has 0 saturated heterocycles. The lowest BCUT2D eigenvalue weighted by atomic mass is 10.1. The SMILES string of the molecule is COC(=O)c1cc(C)c(N)c(OC(F)F)c1. The van der Waals surface area contributed by atoms with Crippen LogP contribution in [0.1, 0.15) is 15.9 Å². The van der Waals surface area contributed by atoms with Crippen LogP contribution in [0.15, 0.2) is 12.1 Å². The van der Waals surface area contributed by atoms with Gasteiger partial charge in [0, 0.05) is 0 Å². The minimum atomic E-state index is -2.99. The molecular weight excluding hydrogens is 220 g/mol. The largest absolute Gasteiger partial charge is 0.465 e. The van der Waals surface area contributed by atoms with Crippen LogP contribution in [-0.2, 0) is 4.74 Å². The van der Waals surface area contributed by atoms with Gasteiger partial charge in [-0.2, -0.15) is 8.78 Å². The number of ether oxygens (including phenoxy) is 2. The number of alkyl halides is 2. The second kappa shape index (κ2) is 4.78. The zero-order valence-electron chi connectivity index (χ0n) is 8.79. The lowest BCUT2D eigenvalue weighted by Gasteiger charge is -2.11. The molecule has 0 aromatic heterocycles. The van der Waals surface area contributed by atoms with Gasteiger partial charge in [0.05, 0.1) is 18.4 Å². The average Bonchev–Trinajstić information content (AvgIpc) is 2.22. The van der Waals surface area contributed by atoms with Gasteiger partial charge in [-0.05, 0) is 24.6 Å². The molecule has 0 atom stereocenters. The second-order valence-corrected chi connectivity index (χ2v) is 3.08. The van der Waals surface area contributed by atoms with Crippen LogP contribution in [0.4, 0.5) is 14.5 Å². The van der Waals surface area contributed by atoms with Gasteiger partial charge in [-0.3, -0.25) is 0 Å². The summed E-state index contributed by atoms with van der Waals surface area (Å²) in [6.07, 6.45) is 0. The summed E-state index contributed by atoms with van der Waals surface area (Å²) >= 11 is 0. The van der Waals surface area contributed by atoms with E-state index in [9.17, 15) is 13.6 Å². The molecule has 1 aromatic rings. The van der Waals surface area contributed by atoms with Crippen molar-refractivity contribution in [3.63, 3.8) is 0 Å². The Bertz CT molecular complexity index is 407. The minimum Gasteiger partial charge on any atom is -0.465 e. The van der Waals surface area contributed by atoms with Crippen LogP contribution in [0, 0.1) is 6.92 Å². The van der Waals surface area contributed by atoms with Crippen LogP contribution < -0.4 is 10.5 Å². The molecule has 0 aliphatic rings. The topological polar surface area (TPSA) is 61.5 Å². The van der Waals surface area contributed by atoms with Crippen LogP contribution in [0.25, 0.3) is 0 Å². The van der Waals surface area contributed by atoms with Crippen molar-refractivity contribution >= 4 is 11.7 Å². The van der Waals surface area contributed by atoms with E-state index in [4.69, 9.17) is 5.73 Å². The van der Waals surface area contributed by atoms with E-state index >= 15 is 0 Å². The van der Waals surface area contributed by atoms with Gasteiger partial charge in [0.15, 0.2) is 0 Å². The molecule has 16 heavy (non-hydrogen) atoms. The molecule has 0 radical (unpaired) electrons. The summed E-state index contributed by atoms with van der Waals surface area (Å²) in [7, 11) is 1.20. The lowest BCUT2D eigenvalue weighted by Crippen LogP contribution is -2.08. The van der Waals surface area contributed by atoms with Gasteiger partial charge in [0.1, 0.15) is 5.75 Å². The molecule has 0 bridgehead atoms. The molecule has 0 aliphatic heterocycles. The van der Waals surface area contributed by atoms with Crippen molar-refractivity contribution in [1.82, 2.24) is 0 Å². The van der Waals surface area contributed by atoms with E-state index in [1.165, 1.54) is 13.2 Å². The summed E-state index contributed by atoms with van der Waals surface area (Å²) in [5.41, 5.74) is 6.19. The number of anilines is 1. The summed E-state index contributed by atoms with van der Waals surface area (Å²) < 4.78 is 32.8. The number of methoxy groups -OCH3 is 1. The van der Waals surface area contributed by atoms with E-state index in [2.05, 4.69) is 9.47 Å². The van der Waals surface area contributed by atoms with E-state index in [1.54, 1.807) is 6.92 Å². The molecule has 0 saturated carbocycles. The maximum Gasteiger partial charge on any atom is 0.387 e. The van der Waals surface area contributed by atoms with Crippen LogP contribution in [0.5, 0.6) is 5.75 Å². The number of rotatable bonds is 3. The number of halogens is 2. The molecule has 0 unspecified atom stereocenters. The van der Waals surface area contributed by atoms with Gasteiger partial charge in [-0.15, -0.1) is 0 Å². The molecule has 2 N–H and O–H groups in total. The quantitative estimate of drug-likeness (QED) is 0.638. The summed E-state index contributed by atoms with van der Waals surface area (Å²) in [6, 6.07) is 2.57. The highest BCUT2D eigenvalue weighted by Crippen LogP contribution is 2.28. The normalized spacial score (nSPS) is 10.3. The highest BCUT2D eigenvalue weighted by Gasteiger charge is 2.15. The second-order valence-electron chi connectivity index (χ2n) is 3.08. The fraction of sp³-hybridized carbons (Fsp3) is 0.300. The van der Waals surface area contributed by atoms with Crippen molar-refractivity contribution in [2.24, 2.45) is 0 Å². The molecule has 1 aromatic carbocycles. The lowest BCUT2D eigenvalue weighted by molar-refractivity contribution is -0.0494. The molecule has 6 heteroatoms. The highest BCUT2D eigenvalue weighted by molar-refractivity contribution is 5.91. The van der Waals surface area contributed by atoms with E-state index < -0.39 is 12.6 Å². The van der Waals surface area contributed by atoms with Gasteiger partial charge in [-0.25, -0.2) is 4.79 Å². The van der Waals surface area contributed by atoms with Gasteiger partial charge in [0.25, 0.3) is 0 Å². The van der Waals surface area contributed by atoms with E-state index in [-0.39, 0.29) is 17.0 Å². The first-order valence-electron chi connectivity index (χ1n) is 4.39. The molecule has 88 valence electrons. The first-order chi connectivity index (χ1) is 7.45. The van der Waals surface area contributed by atoms with E-state index in [0.717, 1.165) is 6.07 Å². The predicted octanol–water partition coefficient (Wildman–Crippen LogP) is 1.97. The van der Waals surface area contributed by atoms with Crippen molar-refractivity contribution in [2.75, 3.05) is 12.8 Å². The Morgan fingerprint density at radius 3 is 2.56 bits per heavy atom. The number of nitrogens with two attached hydrogens (primary N) is 1. The third-order valence-electron chi connectivity index (χ3n) is 1.99. The van der Waals surface area contributed by atoms with Crippen LogP contribution in [0.3, 0.4) is 0 Å². The summed E-state index contributed by atoms with van der Waals surface area (Å²) in [5.74, 6) is -0.863. The highest BCUT2D eigenvalue weighted by atomic mass is 19.3. The monoisotopic (exact) mass is 231 g/mol. The van der Waals surface area contributed by atoms with Crippen molar-refractivity contribution in [1.29, 1.82) is 0 Å². The third kappa shape index (κ3) is 2.59. The Morgan fingerprint density at radius 1 is 1.44 bits per heavy atom. The van der Waals surface area contributed by atoms with Crippen LogP contribution in [-0.4, -0.2) is 19.7 Å². The first kappa shape index (κ1) is 12.2. The molecule has 0 aliphatic carbocycles. The Hall–Kier alpha value is -1.85. The maximum atomic E-state index is 12.1. The molecule has 0 amide bonds. The van der Waals surface area contributed by atoms with Crippen molar-refractivity contribution in [2.45, 2.75) is 13.5 Å². The van der Waals surface area contributed by atoms with Crippen molar-refractivity contribution in [3.8, 4) is 5.75 Å². The van der Waals surface area contributed by atoms with Crippen molar-refractivity contribution in [3.05, 3.63) is 23.3 Å². The van der Waals surface area contributed by atoms with E-state index in [0.29, 0.717) is 5.56 Å². The number of nitrogen functional groups attached to an aromatic ring is 1. The standard InChI is InChI=1S/C10H11F2NO3/c1-5-3-6(9(14)15-2)4-7(8(5)13)16-10(11)12/h3-4,10H,13H2,1-2H3. The van der Waals surface area contributed by atoms with Gasteiger partial charge in [-0.1, -0.05) is 0 Å². The maximum absolute atomic E-state index is 12.1. The smallest absolute Gasteiger partial charge is 0.387 e. The van der Waals surface area contributed by atoms with Crippen LogP contribution in [0.2, 0.25) is 0 Å². The summed E-state index contributed by atoms with van der Waals surface area (Å²) in [6.45, 7) is -1.41. The number of benzene rings is 1. The molecule has 1 rings (SSSR count). The Balaban J connectivity index is 3.16. The van der Waals surface area contributed by atoms with Crippen LogP contribution >= 0.6 is 0 Å². The molecule has 4 nitrogen and oxygen atoms in total. The minimum absolute atomic E-state index is 0.0768. The fourth-order valence-corrected chi connectivity index (χ4v) is 1.20. The zero-order chi connectivity index (χ0) is 12.3. The Morgan fingerprint density at radius 2 is 2.06 bits per heavy atom. The number of aryl methyl sites for hydroxylation is 1. The van der Waals surface area contributed by atoms with Gasteiger partial charge < -0.3 is 15.2 Å². The van der Waals surface area contributed by atoms with Gasteiger partial charge >= 0.3 is 12.6 Å². The molecule has 0 heterocycles. The molecule has 0 spiro atoms.